The van der Waals surface area contributed by atoms with E-state index in [0.29, 0.717) is 13.2 Å². The molecular weight excluding hydrogens is 523 g/mol. The largest absolute Gasteiger partial charge is 0.494 e. The molecule has 0 spiro atoms. The lowest BCUT2D eigenvalue weighted by Gasteiger charge is -2.13. The summed E-state index contributed by atoms with van der Waals surface area (Å²) in [4.78, 5) is 6.07. The van der Waals surface area contributed by atoms with Crippen molar-refractivity contribution in [2.45, 2.75) is 33.2 Å². The summed E-state index contributed by atoms with van der Waals surface area (Å²) in [7, 11) is 1.96. The van der Waals surface area contributed by atoms with Gasteiger partial charge in [0.1, 0.15) is 18.1 Å². The van der Waals surface area contributed by atoms with Gasteiger partial charge in [-0.3, -0.25) is 0 Å². The van der Waals surface area contributed by atoms with Crippen molar-refractivity contribution >= 4 is 41.3 Å². The van der Waals surface area contributed by atoms with E-state index < -0.39 is 0 Å². The summed E-state index contributed by atoms with van der Waals surface area (Å²) < 4.78 is 7.56. The smallest absolute Gasteiger partial charge is 0.191 e. The quantitative estimate of drug-likeness (QED) is 0.227. The molecule has 0 bridgehead atoms. The Labute approximate surface area is 205 Å². The lowest BCUT2D eigenvalue weighted by Crippen LogP contribution is -2.39. The summed E-state index contributed by atoms with van der Waals surface area (Å²) in [6, 6.07) is 12.5. The summed E-state index contributed by atoms with van der Waals surface area (Å²) in [5, 5.41) is 17.3. The summed E-state index contributed by atoms with van der Waals surface area (Å²) in [5.74, 6) is 3.43. The van der Waals surface area contributed by atoms with E-state index in [2.05, 4.69) is 50.5 Å². The van der Waals surface area contributed by atoms with E-state index in [1.54, 1.807) is 11.3 Å². The summed E-state index contributed by atoms with van der Waals surface area (Å²) in [6.07, 6.45) is 1.85. The number of halogens is 1. The summed E-state index contributed by atoms with van der Waals surface area (Å²) in [6.45, 7) is 6.69. The first-order chi connectivity index (χ1) is 14.7. The van der Waals surface area contributed by atoms with Crippen molar-refractivity contribution in [3.63, 3.8) is 0 Å². The highest BCUT2D eigenvalue weighted by Gasteiger charge is 2.06. The van der Waals surface area contributed by atoms with Crippen LogP contribution in [0.3, 0.4) is 0 Å². The lowest BCUT2D eigenvalue weighted by atomic mass is 10.1. The lowest BCUT2D eigenvalue weighted by molar-refractivity contribution is 0.340. The van der Waals surface area contributed by atoms with Gasteiger partial charge in [0.05, 0.1) is 6.61 Å². The number of rotatable bonds is 10. The Hall–Kier alpha value is -2.14. The molecule has 0 aliphatic rings. The first kappa shape index (κ1) is 25.1. The Morgan fingerprint density at radius 2 is 1.94 bits per heavy atom. The van der Waals surface area contributed by atoms with Crippen LogP contribution in [0.1, 0.15) is 29.0 Å². The number of nitrogens with zero attached hydrogens (tertiary/aromatic N) is 4. The van der Waals surface area contributed by atoms with Crippen LogP contribution in [0.4, 0.5) is 0 Å². The maximum absolute atomic E-state index is 5.59. The Morgan fingerprint density at radius 1 is 1.13 bits per heavy atom. The van der Waals surface area contributed by atoms with Crippen LogP contribution >= 0.6 is 35.3 Å². The van der Waals surface area contributed by atoms with Gasteiger partial charge < -0.3 is 19.9 Å². The molecule has 2 heterocycles. The molecule has 3 aromatic rings. The van der Waals surface area contributed by atoms with Crippen LogP contribution in [0, 0.1) is 6.92 Å². The zero-order chi connectivity index (χ0) is 21.2. The molecule has 31 heavy (non-hydrogen) atoms. The van der Waals surface area contributed by atoms with E-state index in [1.807, 2.05) is 37.6 Å². The number of aliphatic imine (C=N–C) groups is 1. The van der Waals surface area contributed by atoms with Gasteiger partial charge in [0, 0.05) is 25.0 Å². The van der Waals surface area contributed by atoms with Crippen LogP contribution in [0.2, 0.25) is 0 Å². The normalized spacial score (nSPS) is 11.1. The summed E-state index contributed by atoms with van der Waals surface area (Å²) >= 11 is 1.78. The fourth-order valence-corrected chi connectivity index (χ4v) is 3.66. The topological polar surface area (TPSA) is 76.4 Å². The predicted octanol–water partition coefficient (Wildman–Crippen LogP) is 3.72. The van der Waals surface area contributed by atoms with E-state index in [9.17, 15) is 0 Å². The van der Waals surface area contributed by atoms with E-state index in [0.717, 1.165) is 49.3 Å². The molecule has 0 radical (unpaired) electrons. The molecule has 0 atom stereocenters. The molecule has 0 amide bonds. The van der Waals surface area contributed by atoms with Crippen molar-refractivity contribution in [1.82, 2.24) is 25.4 Å². The van der Waals surface area contributed by atoms with E-state index in [-0.39, 0.29) is 24.0 Å². The Balaban J connectivity index is 0.00000341. The monoisotopic (exact) mass is 554 g/mol. The van der Waals surface area contributed by atoms with Crippen LogP contribution in [-0.4, -0.2) is 40.4 Å². The Morgan fingerprint density at radius 3 is 2.61 bits per heavy atom. The van der Waals surface area contributed by atoms with Crippen molar-refractivity contribution in [3.05, 3.63) is 63.9 Å². The van der Waals surface area contributed by atoms with Gasteiger partial charge in [-0.25, -0.2) is 4.99 Å². The van der Waals surface area contributed by atoms with Crippen LogP contribution in [0.5, 0.6) is 5.75 Å². The minimum Gasteiger partial charge on any atom is -0.494 e. The number of benzene rings is 1. The molecule has 0 aliphatic carbocycles. The third-order valence-electron chi connectivity index (χ3n) is 4.72. The zero-order valence-electron chi connectivity index (χ0n) is 18.3. The molecule has 9 heteroatoms. The van der Waals surface area contributed by atoms with Gasteiger partial charge in [0.25, 0.3) is 0 Å². The number of hydrogen-bond acceptors (Lipinski definition) is 5. The first-order valence-corrected chi connectivity index (χ1v) is 11.1. The first-order valence-electron chi connectivity index (χ1n) is 10.3. The molecule has 0 fully saturated rings. The second kappa shape index (κ2) is 13.3. The molecule has 0 saturated carbocycles. The molecule has 7 nitrogen and oxygen atoms in total. The molecule has 1 aromatic carbocycles. The highest BCUT2D eigenvalue weighted by molar-refractivity contribution is 14.0. The molecular formula is C22H31IN6OS. The van der Waals surface area contributed by atoms with Gasteiger partial charge in [0.15, 0.2) is 11.8 Å². The number of thiophene rings is 1. The standard InChI is InChI=1S/C22H30N6OS.HI/c1-4-29-19-8-5-7-18(15-19)10-12-23-22(24-13-11-20-9-6-14-30-20)25-16-21-27-26-17(2)28(21)3;/h5-9,14-15H,4,10-13,16H2,1-3H3,(H2,23,24,25);1H. The minimum atomic E-state index is 0. The number of ether oxygens (including phenoxy) is 1. The second-order valence-electron chi connectivity index (χ2n) is 6.90. The molecule has 0 aliphatic heterocycles. The Bertz CT molecular complexity index is 941. The van der Waals surface area contributed by atoms with Crippen LogP contribution in [-0.2, 0) is 26.4 Å². The van der Waals surface area contributed by atoms with Crippen LogP contribution in [0.25, 0.3) is 0 Å². The van der Waals surface area contributed by atoms with Gasteiger partial charge in [0.2, 0.25) is 0 Å². The van der Waals surface area contributed by atoms with Crippen molar-refractivity contribution in [3.8, 4) is 5.75 Å². The maximum atomic E-state index is 5.59. The van der Waals surface area contributed by atoms with Crippen molar-refractivity contribution in [2.24, 2.45) is 12.0 Å². The van der Waals surface area contributed by atoms with E-state index in [1.165, 1.54) is 10.4 Å². The fraction of sp³-hybridized carbons (Fsp3) is 0.409. The third kappa shape index (κ3) is 8.13. The molecule has 0 unspecified atom stereocenters. The summed E-state index contributed by atoms with van der Waals surface area (Å²) in [5.41, 5.74) is 1.23. The highest BCUT2D eigenvalue weighted by Crippen LogP contribution is 2.13. The fourth-order valence-electron chi connectivity index (χ4n) is 2.95. The van der Waals surface area contributed by atoms with Gasteiger partial charge >= 0.3 is 0 Å². The number of nitrogens with one attached hydrogen (secondary N) is 2. The van der Waals surface area contributed by atoms with Gasteiger partial charge in [-0.2, -0.15) is 0 Å². The van der Waals surface area contributed by atoms with E-state index in [4.69, 9.17) is 9.73 Å². The molecule has 2 aromatic heterocycles. The number of hydrogen-bond donors (Lipinski definition) is 2. The van der Waals surface area contributed by atoms with Crippen molar-refractivity contribution in [1.29, 1.82) is 0 Å². The number of guanidine groups is 1. The predicted molar refractivity (Wildman–Crippen MR) is 138 cm³/mol. The van der Waals surface area contributed by atoms with Crippen molar-refractivity contribution < 1.29 is 4.74 Å². The maximum Gasteiger partial charge on any atom is 0.191 e. The molecule has 2 N–H and O–H groups in total. The third-order valence-corrected chi connectivity index (χ3v) is 5.66. The SMILES string of the molecule is CCOc1cccc(CCNC(=NCc2nnc(C)n2C)NCCc2cccs2)c1.I. The highest BCUT2D eigenvalue weighted by atomic mass is 127. The molecule has 168 valence electrons. The van der Waals surface area contributed by atoms with Gasteiger partial charge in [-0.15, -0.1) is 45.5 Å². The van der Waals surface area contributed by atoms with Crippen LogP contribution in [0.15, 0.2) is 46.8 Å². The second-order valence-corrected chi connectivity index (χ2v) is 7.93. The molecule has 0 saturated heterocycles. The van der Waals surface area contributed by atoms with Gasteiger partial charge in [-0.1, -0.05) is 18.2 Å². The van der Waals surface area contributed by atoms with Crippen LogP contribution < -0.4 is 15.4 Å². The average molecular weight is 555 g/mol. The minimum absolute atomic E-state index is 0. The average Bonchev–Trinajstić information content (AvgIpc) is 3.37. The molecule has 3 rings (SSSR count). The van der Waals surface area contributed by atoms with Gasteiger partial charge in [-0.05, 0) is 55.8 Å². The number of aromatic nitrogens is 3. The Kier molecular flexibility index (Phi) is 10.8. The zero-order valence-corrected chi connectivity index (χ0v) is 21.4. The van der Waals surface area contributed by atoms with E-state index >= 15 is 0 Å². The number of aryl methyl sites for hydroxylation is 1. The van der Waals surface area contributed by atoms with Crippen molar-refractivity contribution in [2.75, 3.05) is 19.7 Å².